The van der Waals surface area contributed by atoms with Crippen molar-refractivity contribution in [1.29, 1.82) is 0 Å². The van der Waals surface area contributed by atoms with Gasteiger partial charge in [0.05, 0.1) is 0 Å². The highest BCUT2D eigenvalue weighted by Gasteiger charge is 2.08. The highest BCUT2D eigenvalue weighted by molar-refractivity contribution is 5.55. The first-order valence-corrected chi connectivity index (χ1v) is 3.26. The second-order valence-electron chi connectivity index (χ2n) is 2.90. The average molecular weight is 129 g/mol. The van der Waals surface area contributed by atoms with Crippen LogP contribution in [0.2, 0.25) is 0 Å². The SMILES string of the molecule is CC/C=N/OC(C)(C)C. The molecular formula is C7H15NO. The van der Waals surface area contributed by atoms with Crippen molar-refractivity contribution in [2.24, 2.45) is 5.16 Å². The Morgan fingerprint density at radius 1 is 1.44 bits per heavy atom. The van der Waals surface area contributed by atoms with Gasteiger partial charge in [-0.1, -0.05) is 12.1 Å². The molecule has 0 bridgehead atoms. The van der Waals surface area contributed by atoms with E-state index in [1.54, 1.807) is 6.21 Å². The molecule has 0 saturated carbocycles. The van der Waals surface area contributed by atoms with E-state index >= 15 is 0 Å². The molecule has 0 aliphatic rings. The average Bonchev–Trinajstić information content (AvgIpc) is 1.63. The highest BCUT2D eigenvalue weighted by atomic mass is 16.6. The molecule has 0 aromatic heterocycles. The number of nitrogens with zero attached hydrogens (tertiary/aromatic N) is 1. The van der Waals surface area contributed by atoms with Gasteiger partial charge in [0, 0.05) is 6.21 Å². The predicted molar refractivity (Wildman–Crippen MR) is 39.6 cm³/mol. The van der Waals surface area contributed by atoms with E-state index in [2.05, 4.69) is 5.16 Å². The van der Waals surface area contributed by atoms with E-state index < -0.39 is 0 Å². The first-order chi connectivity index (χ1) is 4.06. The van der Waals surface area contributed by atoms with Crippen molar-refractivity contribution in [3.63, 3.8) is 0 Å². The van der Waals surface area contributed by atoms with Gasteiger partial charge in [0.1, 0.15) is 5.60 Å². The van der Waals surface area contributed by atoms with Crippen molar-refractivity contribution in [2.75, 3.05) is 0 Å². The maximum Gasteiger partial charge on any atom is 0.129 e. The van der Waals surface area contributed by atoms with Crippen molar-refractivity contribution >= 4 is 6.21 Å². The standard InChI is InChI=1S/C7H15NO/c1-5-6-8-9-7(2,3)4/h6H,5H2,1-4H3/b8-6+. The van der Waals surface area contributed by atoms with Crippen LogP contribution in [0.15, 0.2) is 5.16 Å². The molecule has 0 saturated heterocycles. The van der Waals surface area contributed by atoms with Gasteiger partial charge < -0.3 is 4.84 Å². The zero-order chi connectivity index (χ0) is 7.33. The molecule has 0 aliphatic carbocycles. The van der Waals surface area contributed by atoms with Gasteiger partial charge in [0.2, 0.25) is 0 Å². The summed E-state index contributed by atoms with van der Waals surface area (Å²) >= 11 is 0. The third-order valence-electron chi connectivity index (χ3n) is 0.584. The number of rotatable bonds is 2. The van der Waals surface area contributed by atoms with Crippen molar-refractivity contribution in [3.8, 4) is 0 Å². The van der Waals surface area contributed by atoms with Crippen LogP contribution < -0.4 is 0 Å². The van der Waals surface area contributed by atoms with Crippen LogP contribution in [0.25, 0.3) is 0 Å². The normalized spacial score (nSPS) is 12.4. The number of hydrogen-bond acceptors (Lipinski definition) is 2. The molecule has 0 atom stereocenters. The van der Waals surface area contributed by atoms with E-state index in [0.717, 1.165) is 6.42 Å². The maximum atomic E-state index is 5.04. The minimum atomic E-state index is -0.147. The van der Waals surface area contributed by atoms with E-state index in [1.165, 1.54) is 0 Å². The fourth-order valence-electron chi connectivity index (χ4n) is 0.270. The van der Waals surface area contributed by atoms with Crippen molar-refractivity contribution in [1.82, 2.24) is 0 Å². The van der Waals surface area contributed by atoms with Crippen molar-refractivity contribution < 1.29 is 4.84 Å². The van der Waals surface area contributed by atoms with Crippen molar-refractivity contribution in [3.05, 3.63) is 0 Å². The first-order valence-electron chi connectivity index (χ1n) is 3.26. The van der Waals surface area contributed by atoms with Gasteiger partial charge in [-0.2, -0.15) is 0 Å². The lowest BCUT2D eigenvalue weighted by molar-refractivity contribution is 0.00163. The molecule has 54 valence electrons. The molecule has 0 rings (SSSR count). The van der Waals surface area contributed by atoms with Gasteiger partial charge in [0.25, 0.3) is 0 Å². The minimum absolute atomic E-state index is 0.147. The molecule has 0 radical (unpaired) electrons. The zero-order valence-electron chi connectivity index (χ0n) is 6.64. The summed E-state index contributed by atoms with van der Waals surface area (Å²) in [4.78, 5) is 5.04. The van der Waals surface area contributed by atoms with Crippen molar-refractivity contribution in [2.45, 2.75) is 39.7 Å². The molecule has 0 spiro atoms. The van der Waals surface area contributed by atoms with Gasteiger partial charge in [-0.3, -0.25) is 0 Å². The summed E-state index contributed by atoms with van der Waals surface area (Å²) in [6.45, 7) is 7.94. The highest BCUT2D eigenvalue weighted by Crippen LogP contribution is 2.05. The topological polar surface area (TPSA) is 21.6 Å². The van der Waals surface area contributed by atoms with Gasteiger partial charge in [0.15, 0.2) is 0 Å². The monoisotopic (exact) mass is 129 g/mol. The van der Waals surface area contributed by atoms with E-state index in [9.17, 15) is 0 Å². The quantitative estimate of drug-likeness (QED) is 0.413. The predicted octanol–water partition coefficient (Wildman–Crippen LogP) is 2.20. The summed E-state index contributed by atoms with van der Waals surface area (Å²) in [5, 5.41) is 3.74. The molecule has 0 aromatic rings. The zero-order valence-corrected chi connectivity index (χ0v) is 6.64. The first kappa shape index (κ1) is 8.47. The molecule has 0 aromatic carbocycles. The molecule has 0 N–H and O–H groups in total. The fraction of sp³-hybridized carbons (Fsp3) is 0.857. The van der Waals surface area contributed by atoms with E-state index in [1.807, 2.05) is 27.7 Å². The van der Waals surface area contributed by atoms with Crippen LogP contribution in [0, 0.1) is 0 Å². The van der Waals surface area contributed by atoms with Gasteiger partial charge in [-0.15, -0.1) is 0 Å². The Kier molecular flexibility index (Phi) is 3.28. The van der Waals surface area contributed by atoms with Crippen LogP contribution in [-0.2, 0) is 4.84 Å². The molecule has 0 amide bonds. The molecule has 0 fully saturated rings. The summed E-state index contributed by atoms with van der Waals surface area (Å²) in [5.74, 6) is 0. The van der Waals surface area contributed by atoms with Crippen LogP contribution in [-0.4, -0.2) is 11.8 Å². The van der Waals surface area contributed by atoms with Crippen LogP contribution >= 0.6 is 0 Å². The number of hydrogen-bond donors (Lipinski definition) is 0. The largest absolute Gasteiger partial charge is 0.390 e. The third-order valence-corrected chi connectivity index (χ3v) is 0.584. The van der Waals surface area contributed by atoms with E-state index in [4.69, 9.17) is 4.84 Å². The van der Waals surface area contributed by atoms with Crippen LogP contribution in [0.3, 0.4) is 0 Å². The molecule has 0 aliphatic heterocycles. The lowest BCUT2D eigenvalue weighted by atomic mass is 10.2. The van der Waals surface area contributed by atoms with E-state index in [-0.39, 0.29) is 5.60 Å². The second kappa shape index (κ2) is 3.49. The Morgan fingerprint density at radius 3 is 2.33 bits per heavy atom. The maximum absolute atomic E-state index is 5.04. The number of oxime groups is 1. The Balaban J connectivity index is 3.38. The van der Waals surface area contributed by atoms with E-state index in [0.29, 0.717) is 0 Å². The molecule has 9 heavy (non-hydrogen) atoms. The van der Waals surface area contributed by atoms with Crippen LogP contribution in [0.4, 0.5) is 0 Å². The molecule has 2 heteroatoms. The molecule has 0 heterocycles. The smallest absolute Gasteiger partial charge is 0.129 e. The minimum Gasteiger partial charge on any atom is -0.390 e. The summed E-state index contributed by atoms with van der Waals surface area (Å²) < 4.78 is 0. The fourth-order valence-corrected chi connectivity index (χ4v) is 0.270. The lowest BCUT2D eigenvalue weighted by Crippen LogP contribution is -2.15. The van der Waals surface area contributed by atoms with Gasteiger partial charge in [-0.05, 0) is 27.2 Å². The van der Waals surface area contributed by atoms with Gasteiger partial charge in [-0.25, -0.2) is 0 Å². The summed E-state index contributed by atoms with van der Waals surface area (Å²) in [7, 11) is 0. The van der Waals surface area contributed by atoms with Gasteiger partial charge >= 0.3 is 0 Å². The molecule has 0 unspecified atom stereocenters. The Bertz CT molecular complexity index is 91.6. The summed E-state index contributed by atoms with van der Waals surface area (Å²) in [6.07, 6.45) is 2.68. The lowest BCUT2D eigenvalue weighted by Gasteiger charge is -2.14. The van der Waals surface area contributed by atoms with Crippen LogP contribution in [0.1, 0.15) is 34.1 Å². The van der Waals surface area contributed by atoms with Crippen LogP contribution in [0.5, 0.6) is 0 Å². The Morgan fingerprint density at radius 2 is 2.00 bits per heavy atom. The Labute approximate surface area is 56.9 Å². The summed E-state index contributed by atoms with van der Waals surface area (Å²) in [6, 6.07) is 0. The molecule has 2 nitrogen and oxygen atoms in total. The Hall–Kier alpha value is -0.530. The third kappa shape index (κ3) is 7.47. The molecular weight excluding hydrogens is 114 g/mol. The second-order valence-corrected chi connectivity index (χ2v) is 2.90. The summed E-state index contributed by atoms with van der Waals surface area (Å²) in [5.41, 5.74) is -0.147.